The Labute approximate surface area is 216 Å². The number of hydrogen-bond acceptors (Lipinski definition) is 2. The van der Waals surface area contributed by atoms with E-state index in [1.165, 1.54) is 11.1 Å². The van der Waals surface area contributed by atoms with Gasteiger partial charge in [-0.25, -0.2) is 0 Å². The zero-order chi connectivity index (χ0) is 26.2. The third-order valence-corrected chi connectivity index (χ3v) is 5.13. The Kier molecular flexibility index (Phi) is 12.1. The van der Waals surface area contributed by atoms with Gasteiger partial charge in [-0.15, -0.1) is 0 Å². The van der Waals surface area contributed by atoms with Crippen LogP contribution in [0.5, 0.6) is 11.5 Å². The molecule has 0 aliphatic heterocycles. The molecule has 0 aromatic heterocycles. The maximum atomic E-state index is 9.34. The van der Waals surface area contributed by atoms with E-state index in [1.54, 1.807) is 24.3 Å². The van der Waals surface area contributed by atoms with E-state index < -0.39 is 0 Å². The smallest absolute Gasteiger partial charge is 0.115 e. The first kappa shape index (κ1) is 27.9. The minimum Gasteiger partial charge on any atom is -0.508 e. The fraction of sp³-hybridized carbons (Fsp3) is 0.118. The van der Waals surface area contributed by atoms with E-state index in [9.17, 15) is 10.2 Å². The molecule has 0 saturated heterocycles. The zero-order valence-electron chi connectivity index (χ0n) is 21.6. The van der Waals surface area contributed by atoms with Crippen molar-refractivity contribution in [3.63, 3.8) is 0 Å². The molecule has 2 heteroatoms. The number of phenolic OH excluding ortho intramolecular Hbond substituents is 2. The lowest BCUT2D eigenvalue weighted by atomic mass is 10.1. The Morgan fingerprint density at radius 3 is 1.11 bits per heavy atom. The summed E-state index contributed by atoms with van der Waals surface area (Å²) in [5.41, 5.74) is 6.73. The number of rotatable bonds is 10. The number of hydrogen-bond donors (Lipinski definition) is 2. The van der Waals surface area contributed by atoms with E-state index in [1.807, 2.05) is 60.7 Å². The molecule has 0 atom stereocenters. The lowest BCUT2D eigenvalue weighted by molar-refractivity contribution is 0.474. The second kappa shape index (κ2) is 15.6. The third-order valence-electron chi connectivity index (χ3n) is 5.13. The number of benzene rings is 2. The first-order valence-electron chi connectivity index (χ1n) is 12.0. The van der Waals surface area contributed by atoms with Crippen LogP contribution < -0.4 is 0 Å². The second-order valence-corrected chi connectivity index (χ2v) is 8.60. The molecule has 0 amide bonds. The van der Waals surface area contributed by atoms with E-state index >= 15 is 0 Å². The van der Waals surface area contributed by atoms with Crippen molar-refractivity contribution in [1.29, 1.82) is 0 Å². The molecule has 0 aliphatic carbocycles. The topological polar surface area (TPSA) is 40.5 Å². The lowest BCUT2D eigenvalue weighted by Gasteiger charge is -1.94. The molecule has 0 unspecified atom stereocenters. The summed E-state index contributed by atoms with van der Waals surface area (Å²) in [5.74, 6) is 0.555. The van der Waals surface area contributed by atoms with Crippen molar-refractivity contribution < 1.29 is 10.2 Å². The Bertz CT molecular complexity index is 1140. The SMILES string of the molecule is CC(/C=C/C=C(C)/C=C/c1ccc(O)cc1)=C\C=C\C=C(C)\C=C\C=C(C)\C=C\c1ccc(O)cc1. The standard InChI is InChI=1S/C34H36O2/c1-27(11-7-13-29(3)15-17-31-19-23-33(35)24-20-31)9-5-6-10-28(2)12-8-14-30(4)16-18-32-21-25-34(36)26-22-32/h5-26,35-36H,1-4H3/b6-5+,11-7+,12-8+,17-15+,18-16+,27-9+,28-10+,29-13+,30-14+. The van der Waals surface area contributed by atoms with Crippen molar-refractivity contribution in [2.75, 3.05) is 0 Å². The average molecular weight is 477 g/mol. The number of aromatic hydroxyl groups is 2. The fourth-order valence-electron chi connectivity index (χ4n) is 2.97. The molecule has 36 heavy (non-hydrogen) atoms. The summed E-state index contributed by atoms with van der Waals surface area (Å²) >= 11 is 0. The van der Waals surface area contributed by atoms with Gasteiger partial charge in [-0.3, -0.25) is 0 Å². The Morgan fingerprint density at radius 1 is 0.444 bits per heavy atom. The van der Waals surface area contributed by atoms with Gasteiger partial charge in [0, 0.05) is 0 Å². The summed E-state index contributed by atoms with van der Waals surface area (Å²) in [6, 6.07) is 14.3. The maximum absolute atomic E-state index is 9.34. The predicted molar refractivity (Wildman–Crippen MR) is 157 cm³/mol. The molecule has 0 heterocycles. The molecule has 2 nitrogen and oxygen atoms in total. The lowest BCUT2D eigenvalue weighted by Crippen LogP contribution is -1.72. The Balaban J connectivity index is 1.82. The van der Waals surface area contributed by atoms with Gasteiger partial charge in [0.1, 0.15) is 11.5 Å². The molecule has 0 fully saturated rings. The molecule has 0 bridgehead atoms. The molecule has 2 aromatic rings. The van der Waals surface area contributed by atoms with Gasteiger partial charge in [-0.05, 0) is 63.1 Å². The van der Waals surface area contributed by atoms with Crippen LogP contribution in [0.2, 0.25) is 0 Å². The predicted octanol–water partition coefficient (Wildman–Crippen LogP) is 9.28. The molecule has 2 aromatic carbocycles. The quantitative estimate of drug-likeness (QED) is 0.335. The molecule has 184 valence electrons. The highest BCUT2D eigenvalue weighted by molar-refractivity contribution is 5.54. The van der Waals surface area contributed by atoms with Crippen LogP contribution in [-0.2, 0) is 0 Å². The van der Waals surface area contributed by atoms with E-state index in [-0.39, 0.29) is 11.5 Å². The van der Waals surface area contributed by atoms with Gasteiger partial charge < -0.3 is 10.2 Å². The molecular weight excluding hydrogens is 440 g/mol. The molecule has 2 N–H and O–H groups in total. The average Bonchev–Trinajstić information content (AvgIpc) is 2.86. The number of phenols is 2. The minimum absolute atomic E-state index is 0.278. The van der Waals surface area contributed by atoms with Crippen LogP contribution >= 0.6 is 0 Å². The van der Waals surface area contributed by atoms with Gasteiger partial charge in [0.15, 0.2) is 0 Å². The molecular formula is C34H36O2. The van der Waals surface area contributed by atoms with E-state index in [2.05, 4.69) is 76.3 Å². The van der Waals surface area contributed by atoms with Crippen molar-refractivity contribution in [2.45, 2.75) is 27.7 Å². The normalized spacial score (nSPS) is 14.4. The van der Waals surface area contributed by atoms with Crippen molar-refractivity contribution in [1.82, 2.24) is 0 Å². The van der Waals surface area contributed by atoms with Gasteiger partial charge in [-0.1, -0.05) is 132 Å². The third kappa shape index (κ3) is 12.2. The van der Waals surface area contributed by atoms with Crippen molar-refractivity contribution in [3.05, 3.63) is 155 Å². The van der Waals surface area contributed by atoms with Gasteiger partial charge in [0.05, 0.1) is 0 Å². The molecule has 0 saturated carbocycles. The highest BCUT2D eigenvalue weighted by Gasteiger charge is 1.89. The number of allylic oxidation sites excluding steroid dienone is 16. The zero-order valence-corrected chi connectivity index (χ0v) is 21.6. The molecule has 2 rings (SSSR count). The summed E-state index contributed by atoms with van der Waals surface area (Å²) in [7, 11) is 0. The maximum Gasteiger partial charge on any atom is 0.115 e. The van der Waals surface area contributed by atoms with Crippen LogP contribution in [0.15, 0.2) is 144 Å². The highest BCUT2D eigenvalue weighted by Crippen LogP contribution is 2.13. The summed E-state index contributed by atoms with van der Waals surface area (Å²) < 4.78 is 0. The molecule has 0 spiro atoms. The van der Waals surface area contributed by atoms with Crippen LogP contribution in [0.4, 0.5) is 0 Å². The largest absolute Gasteiger partial charge is 0.508 e. The first-order valence-corrected chi connectivity index (χ1v) is 12.0. The van der Waals surface area contributed by atoms with Crippen LogP contribution in [0.25, 0.3) is 12.2 Å². The second-order valence-electron chi connectivity index (χ2n) is 8.60. The highest BCUT2D eigenvalue weighted by atomic mass is 16.3. The van der Waals surface area contributed by atoms with Gasteiger partial charge >= 0.3 is 0 Å². The summed E-state index contributed by atoms with van der Waals surface area (Å²) in [6.07, 6.45) is 28.8. The molecule has 0 radical (unpaired) electrons. The molecule has 0 aliphatic rings. The first-order chi connectivity index (χ1) is 17.3. The van der Waals surface area contributed by atoms with Crippen LogP contribution in [0, 0.1) is 0 Å². The van der Waals surface area contributed by atoms with E-state index in [4.69, 9.17) is 0 Å². The monoisotopic (exact) mass is 476 g/mol. The van der Waals surface area contributed by atoms with Crippen LogP contribution in [-0.4, -0.2) is 10.2 Å². The van der Waals surface area contributed by atoms with Crippen molar-refractivity contribution in [2.24, 2.45) is 0 Å². The van der Waals surface area contributed by atoms with E-state index in [0.717, 1.165) is 22.3 Å². The van der Waals surface area contributed by atoms with Gasteiger partial charge in [0.2, 0.25) is 0 Å². The summed E-state index contributed by atoms with van der Waals surface area (Å²) in [4.78, 5) is 0. The Morgan fingerprint density at radius 2 is 0.750 bits per heavy atom. The van der Waals surface area contributed by atoms with Gasteiger partial charge in [-0.2, -0.15) is 0 Å². The van der Waals surface area contributed by atoms with Gasteiger partial charge in [0.25, 0.3) is 0 Å². The van der Waals surface area contributed by atoms with Crippen LogP contribution in [0.1, 0.15) is 38.8 Å². The Hall–Kier alpha value is -4.30. The van der Waals surface area contributed by atoms with Crippen molar-refractivity contribution >= 4 is 12.2 Å². The summed E-state index contributed by atoms with van der Waals surface area (Å²) in [6.45, 7) is 8.27. The van der Waals surface area contributed by atoms with E-state index in [0.29, 0.717) is 0 Å². The minimum atomic E-state index is 0.278. The van der Waals surface area contributed by atoms with Crippen molar-refractivity contribution in [3.8, 4) is 11.5 Å². The fourth-order valence-corrected chi connectivity index (χ4v) is 2.97. The summed E-state index contributed by atoms with van der Waals surface area (Å²) in [5, 5.41) is 18.7. The van der Waals surface area contributed by atoms with Crippen LogP contribution in [0.3, 0.4) is 0 Å².